The average molecular weight is 290 g/mol. The summed E-state index contributed by atoms with van der Waals surface area (Å²) in [6.45, 7) is 1.55. The Hall–Kier alpha value is -1.92. The van der Waals surface area contributed by atoms with Crippen molar-refractivity contribution in [1.29, 1.82) is 0 Å². The third-order valence-corrected chi connectivity index (χ3v) is 4.07. The molecular weight excluding hydrogens is 272 g/mol. The summed E-state index contributed by atoms with van der Waals surface area (Å²) >= 11 is 0. The lowest BCUT2D eigenvalue weighted by Gasteiger charge is -2.25. The molecule has 2 N–H and O–H groups in total. The lowest BCUT2D eigenvalue weighted by molar-refractivity contribution is -0.115. The molecule has 2 amide bonds. The number of benzene rings is 1. The van der Waals surface area contributed by atoms with Crippen LogP contribution in [0, 0.1) is 0 Å². The molecule has 1 saturated heterocycles. The van der Waals surface area contributed by atoms with E-state index in [0.29, 0.717) is 31.7 Å². The van der Waals surface area contributed by atoms with Gasteiger partial charge in [0.15, 0.2) is 0 Å². The fraction of sp³-hybridized carbons (Fsp3) is 0.467. The number of methoxy groups -OCH3 is 1. The number of hydrogen-bond donors (Lipinski definition) is 2. The highest BCUT2D eigenvalue weighted by molar-refractivity contribution is 6.02. The molecule has 0 radical (unpaired) electrons. The first kappa shape index (κ1) is 14.0. The largest absolute Gasteiger partial charge is 0.378 e. The summed E-state index contributed by atoms with van der Waals surface area (Å²) in [7, 11) is 1.63. The van der Waals surface area contributed by atoms with Crippen LogP contribution in [0.2, 0.25) is 0 Å². The van der Waals surface area contributed by atoms with Gasteiger partial charge in [-0.25, -0.2) is 0 Å². The molecule has 0 aliphatic carbocycles. The highest BCUT2D eigenvalue weighted by Crippen LogP contribution is 2.24. The molecule has 6 nitrogen and oxygen atoms in total. The zero-order valence-electron chi connectivity index (χ0n) is 11.9. The van der Waals surface area contributed by atoms with E-state index in [2.05, 4.69) is 10.6 Å². The van der Waals surface area contributed by atoms with E-state index in [1.165, 1.54) is 0 Å². The van der Waals surface area contributed by atoms with E-state index in [1.54, 1.807) is 19.2 Å². The maximum absolute atomic E-state index is 12.2. The molecule has 112 valence electrons. The summed E-state index contributed by atoms with van der Waals surface area (Å²) in [5, 5.41) is 5.62. The molecule has 0 spiro atoms. The van der Waals surface area contributed by atoms with E-state index in [4.69, 9.17) is 9.47 Å². The van der Waals surface area contributed by atoms with E-state index < -0.39 is 5.60 Å². The van der Waals surface area contributed by atoms with E-state index in [0.717, 1.165) is 17.7 Å². The van der Waals surface area contributed by atoms with Crippen molar-refractivity contribution in [3.05, 3.63) is 29.3 Å². The van der Waals surface area contributed by atoms with Gasteiger partial charge >= 0.3 is 0 Å². The number of fused-ring (bicyclic) bond motifs is 1. The minimum Gasteiger partial charge on any atom is -0.378 e. The molecule has 1 aromatic carbocycles. The van der Waals surface area contributed by atoms with Crippen molar-refractivity contribution in [2.24, 2.45) is 0 Å². The molecule has 6 heteroatoms. The third kappa shape index (κ3) is 2.77. The molecule has 0 saturated carbocycles. The first-order chi connectivity index (χ1) is 10.1. The highest BCUT2D eigenvalue weighted by atomic mass is 16.5. The zero-order valence-corrected chi connectivity index (χ0v) is 11.9. The Morgan fingerprint density at radius 1 is 1.52 bits per heavy atom. The number of carbonyl (C=O) groups excluding carboxylic acids is 2. The van der Waals surface area contributed by atoms with Crippen LogP contribution < -0.4 is 10.6 Å². The number of ether oxygens (including phenoxy) is 2. The Morgan fingerprint density at radius 3 is 3.10 bits per heavy atom. The van der Waals surface area contributed by atoms with Crippen LogP contribution in [0.15, 0.2) is 18.2 Å². The molecule has 2 aliphatic rings. The smallest absolute Gasteiger partial charge is 0.251 e. The molecule has 21 heavy (non-hydrogen) atoms. The van der Waals surface area contributed by atoms with Gasteiger partial charge in [0, 0.05) is 37.9 Å². The van der Waals surface area contributed by atoms with Crippen LogP contribution in [-0.4, -0.2) is 44.3 Å². The molecule has 0 bridgehead atoms. The fourth-order valence-electron chi connectivity index (χ4n) is 2.66. The van der Waals surface area contributed by atoms with Crippen LogP contribution in [0.25, 0.3) is 0 Å². The Morgan fingerprint density at radius 2 is 2.38 bits per heavy atom. The van der Waals surface area contributed by atoms with Gasteiger partial charge in [-0.05, 0) is 17.7 Å². The van der Waals surface area contributed by atoms with Gasteiger partial charge in [-0.1, -0.05) is 6.07 Å². The summed E-state index contributed by atoms with van der Waals surface area (Å²) in [6, 6.07) is 5.26. The third-order valence-electron chi connectivity index (χ3n) is 4.07. The Balaban J connectivity index is 1.66. The molecule has 1 fully saturated rings. The quantitative estimate of drug-likeness (QED) is 0.856. The van der Waals surface area contributed by atoms with Gasteiger partial charge in [-0.15, -0.1) is 0 Å². The van der Waals surface area contributed by atoms with Crippen LogP contribution in [0.5, 0.6) is 0 Å². The summed E-state index contributed by atoms with van der Waals surface area (Å²) in [5.41, 5.74) is 1.74. The predicted molar refractivity (Wildman–Crippen MR) is 76.3 cm³/mol. The summed E-state index contributed by atoms with van der Waals surface area (Å²) < 4.78 is 10.8. The number of rotatable bonds is 4. The van der Waals surface area contributed by atoms with Crippen LogP contribution in [-0.2, 0) is 20.7 Å². The topological polar surface area (TPSA) is 76.7 Å². The lowest BCUT2D eigenvalue weighted by atomic mass is 10.0. The van der Waals surface area contributed by atoms with Crippen molar-refractivity contribution >= 4 is 17.5 Å². The Bertz CT molecular complexity index is 579. The molecular formula is C15H18N2O4. The highest BCUT2D eigenvalue weighted by Gasteiger charge is 2.35. The van der Waals surface area contributed by atoms with Gasteiger partial charge in [-0.3, -0.25) is 9.59 Å². The fourth-order valence-corrected chi connectivity index (χ4v) is 2.66. The normalized spacial score (nSPS) is 23.8. The molecule has 2 heterocycles. The van der Waals surface area contributed by atoms with Crippen molar-refractivity contribution in [2.45, 2.75) is 18.4 Å². The predicted octanol–water partition coefficient (Wildman–Crippen LogP) is 0.716. The molecule has 1 aromatic rings. The van der Waals surface area contributed by atoms with Crippen molar-refractivity contribution in [2.75, 3.05) is 32.2 Å². The monoisotopic (exact) mass is 290 g/mol. The SMILES string of the molecule is COC1(CNC(=O)c2ccc3c(c2)NC(=O)C3)CCOC1. The summed E-state index contributed by atoms with van der Waals surface area (Å²) in [5.74, 6) is -0.216. The number of amides is 2. The Kier molecular flexibility index (Phi) is 3.65. The first-order valence-electron chi connectivity index (χ1n) is 6.96. The number of hydrogen-bond acceptors (Lipinski definition) is 4. The second-order valence-electron chi connectivity index (χ2n) is 5.47. The molecule has 1 unspecified atom stereocenters. The minimum absolute atomic E-state index is 0.0380. The zero-order chi connectivity index (χ0) is 14.9. The van der Waals surface area contributed by atoms with Gasteiger partial charge in [-0.2, -0.15) is 0 Å². The van der Waals surface area contributed by atoms with Crippen LogP contribution in [0.3, 0.4) is 0 Å². The molecule has 2 aliphatic heterocycles. The van der Waals surface area contributed by atoms with Crippen LogP contribution in [0.4, 0.5) is 5.69 Å². The van der Waals surface area contributed by atoms with E-state index in [1.807, 2.05) is 6.07 Å². The summed E-state index contributed by atoms with van der Waals surface area (Å²) in [4.78, 5) is 23.5. The van der Waals surface area contributed by atoms with Crippen molar-refractivity contribution in [1.82, 2.24) is 5.32 Å². The van der Waals surface area contributed by atoms with Gasteiger partial charge in [0.05, 0.1) is 13.0 Å². The first-order valence-corrected chi connectivity index (χ1v) is 6.96. The van der Waals surface area contributed by atoms with Crippen molar-refractivity contribution in [3.8, 4) is 0 Å². The van der Waals surface area contributed by atoms with Crippen molar-refractivity contribution < 1.29 is 19.1 Å². The van der Waals surface area contributed by atoms with Crippen LogP contribution in [0.1, 0.15) is 22.3 Å². The van der Waals surface area contributed by atoms with Gasteiger partial charge < -0.3 is 20.1 Å². The standard InChI is InChI=1S/C15H18N2O4/c1-20-15(4-5-21-9-15)8-16-14(19)11-3-2-10-7-13(18)17-12(10)6-11/h2-3,6H,4-5,7-9H2,1H3,(H,16,19)(H,17,18). The molecule has 3 rings (SSSR count). The lowest BCUT2D eigenvalue weighted by Crippen LogP contribution is -2.45. The molecule has 1 atom stereocenters. The van der Waals surface area contributed by atoms with E-state index in [9.17, 15) is 9.59 Å². The van der Waals surface area contributed by atoms with Gasteiger partial charge in [0.1, 0.15) is 5.60 Å². The number of anilines is 1. The number of carbonyl (C=O) groups is 2. The van der Waals surface area contributed by atoms with Gasteiger partial charge in [0.25, 0.3) is 5.91 Å². The second kappa shape index (κ2) is 5.46. The van der Waals surface area contributed by atoms with E-state index >= 15 is 0 Å². The second-order valence-corrected chi connectivity index (χ2v) is 5.47. The van der Waals surface area contributed by atoms with Crippen molar-refractivity contribution in [3.63, 3.8) is 0 Å². The Labute approximate surface area is 122 Å². The number of nitrogens with one attached hydrogen (secondary N) is 2. The van der Waals surface area contributed by atoms with Crippen LogP contribution >= 0.6 is 0 Å². The average Bonchev–Trinajstić information content (AvgIpc) is 3.09. The summed E-state index contributed by atoms with van der Waals surface area (Å²) in [6.07, 6.45) is 1.14. The van der Waals surface area contributed by atoms with Gasteiger partial charge in [0.2, 0.25) is 5.91 Å². The minimum atomic E-state index is -0.430. The van der Waals surface area contributed by atoms with E-state index in [-0.39, 0.29) is 11.8 Å². The maximum Gasteiger partial charge on any atom is 0.251 e. The molecule has 0 aromatic heterocycles. The maximum atomic E-state index is 12.2.